The van der Waals surface area contributed by atoms with Gasteiger partial charge in [0.25, 0.3) is 0 Å². The van der Waals surface area contributed by atoms with Gasteiger partial charge in [-0.2, -0.15) is 0 Å². The Morgan fingerprint density at radius 3 is 2.77 bits per heavy atom. The maximum atomic E-state index is 6.41. The standard InChI is InChI=1S/C21H25N3O2/c1-2-19-18(8-12-24(19)14-16-4-5-16)20(3-1)26-17-6-10-23(11-7-17)15-21-22-9-13-25-21/h1-3,8-9,12-13,16-17H,4-7,10-11,14-15H2. The second-order valence-electron chi connectivity index (χ2n) is 7.62. The fraction of sp³-hybridized carbons (Fsp3) is 0.476. The third kappa shape index (κ3) is 3.36. The first-order valence-corrected chi connectivity index (χ1v) is 9.70. The number of benzene rings is 1. The van der Waals surface area contributed by atoms with Crippen LogP contribution in [0.4, 0.5) is 0 Å². The molecule has 5 nitrogen and oxygen atoms in total. The van der Waals surface area contributed by atoms with E-state index in [2.05, 4.69) is 44.9 Å². The third-order valence-corrected chi connectivity index (χ3v) is 5.60. The SMILES string of the molecule is c1cc(OC2CCN(Cc3ncco3)CC2)c2ccn(CC3CC3)c2c1. The number of nitrogens with zero attached hydrogens (tertiary/aromatic N) is 3. The molecule has 2 aliphatic rings. The lowest BCUT2D eigenvalue weighted by molar-refractivity contribution is 0.0929. The van der Waals surface area contributed by atoms with E-state index in [1.807, 2.05) is 0 Å². The molecule has 136 valence electrons. The molecule has 1 aromatic carbocycles. The van der Waals surface area contributed by atoms with Crippen LogP contribution >= 0.6 is 0 Å². The highest BCUT2D eigenvalue weighted by molar-refractivity contribution is 5.86. The highest BCUT2D eigenvalue weighted by Gasteiger charge is 2.24. The van der Waals surface area contributed by atoms with E-state index in [1.54, 1.807) is 12.5 Å². The molecule has 0 unspecified atom stereocenters. The van der Waals surface area contributed by atoms with Crippen molar-refractivity contribution >= 4 is 10.9 Å². The van der Waals surface area contributed by atoms with Crippen LogP contribution in [0.25, 0.3) is 10.9 Å². The average molecular weight is 351 g/mol. The van der Waals surface area contributed by atoms with Crippen molar-refractivity contribution < 1.29 is 9.15 Å². The number of oxazole rings is 1. The molecule has 0 radical (unpaired) electrons. The van der Waals surface area contributed by atoms with E-state index in [-0.39, 0.29) is 6.10 Å². The van der Waals surface area contributed by atoms with Gasteiger partial charge < -0.3 is 13.7 Å². The van der Waals surface area contributed by atoms with Crippen molar-refractivity contribution in [3.63, 3.8) is 0 Å². The number of hydrogen-bond acceptors (Lipinski definition) is 4. The van der Waals surface area contributed by atoms with Gasteiger partial charge in [-0.05, 0) is 49.8 Å². The Morgan fingerprint density at radius 2 is 2.00 bits per heavy atom. The summed E-state index contributed by atoms with van der Waals surface area (Å²) in [6.45, 7) is 3.98. The average Bonchev–Trinajstić information content (AvgIpc) is 3.15. The normalized spacial score (nSPS) is 19.2. The first-order chi connectivity index (χ1) is 12.8. The molecule has 2 fully saturated rings. The van der Waals surface area contributed by atoms with Crippen LogP contribution in [0.1, 0.15) is 31.6 Å². The molecule has 1 aliphatic carbocycles. The van der Waals surface area contributed by atoms with Gasteiger partial charge in [-0.3, -0.25) is 4.90 Å². The first-order valence-electron chi connectivity index (χ1n) is 9.70. The zero-order valence-corrected chi connectivity index (χ0v) is 15.0. The third-order valence-electron chi connectivity index (χ3n) is 5.60. The van der Waals surface area contributed by atoms with Crippen molar-refractivity contribution in [1.82, 2.24) is 14.5 Å². The Bertz CT molecular complexity index is 859. The number of fused-ring (bicyclic) bond motifs is 1. The van der Waals surface area contributed by atoms with Gasteiger partial charge in [0, 0.05) is 31.2 Å². The maximum Gasteiger partial charge on any atom is 0.208 e. The second kappa shape index (κ2) is 6.80. The minimum atomic E-state index is 0.285. The molecule has 1 aliphatic heterocycles. The summed E-state index contributed by atoms with van der Waals surface area (Å²) in [5, 5.41) is 1.25. The summed E-state index contributed by atoms with van der Waals surface area (Å²) in [7, 11) is 0. The van der Waals surface area contributed by atoms with Gasteiger partial charge in [0.2, 0.25) is 5.89 Å². The van der Waals surface area contributed by atoms with Gasteiger partial charge in [0.15, 0.2) is 0 Å². The predicted molar refractivity (Wildman–Crippen MR) is 100 cm³/mol. The van der Waals surface area contributed by atoms with Crippen LogP contribution in [0.2, 0.25) is 0 Å². The molecule has 3 aromatic rings. The first kappa shape index (κ1) is 15.9. The van der Waals surface area contributed by atoms with Crippen molar-refractivity contribution in [2.45, 2.75) is 44.9 Å². The summed E-state index contributed by atoms with van der Waals surface area (Å²) in [5.41, 5.74) is 1.30. The molecule has 3 heterocycles. The highest BCUT2D eigenvalue weighted by Crippen LogP contribution is 2.34. The Balaban J connectivity index is 1.23. The Hall–Kier alpha value is -2.27. The lowest BCUT2D eigenvalue weighted by atomic mass is 10.1. The van der Waals surface area contributed by atoms with Crippen molar-refractivity contribution in [1.29, 1.82) is 0 Å². The van der Waals surface area contributed by atoms with E-state index < -0.39 is 0 Å². The zero-order chi connectivity index (χ0) is 17.3. The molecule has 1 saturated heterocycles. The minimum absolute atomic E-state index is 0.285. The molecule has 0 spiro atoms. The van der Waals surface area contributed by atoms with Crippen molar-refractivity contribution in [2.24, 2.45) is 5.92 Å². The largest absolute Gasteiger partial charge is 0.490 e. The zero-order valence-electron chi connectivity index (χ0n) is 15.0. The molecule has 26 heavy (non-hydrogen) atoms. The summed E-state index contributed by atoms with van der Waals surface area (Å²) >= 11 is 0. The van der Waals surface area contributed by atoms with Crippen LogP contribution in [0.5, 0.6) is 5.75 Å². The van der Waals surface area contributed by atoms with Gasteiger partial charge in [-0.25, -0.2) is 4.98 Å². The maximum absolute atomic E-state index is 6.41. The van der Waals surface area contributed by atoms with E-state index in [0.29, 0.717) is 0 Å². The molecule has 0 N–H and O–H groups in total. The Morgan fingerprint density at radius 1 is 1.12 bits per heavy atom. The van der Waals surface area contributed by atoms with Crippen LogP contribution < -0.4 is 4.74 Å². The molecule has 1 saturated carbocycles. The molecular weight excluding hydrogens is 326 g/mol. The van der Waals surface area contributed by atoms with E-state index in [9.17, 15) is 0 Å². The fourth-order valence-corrected chi connectivity index (χ4v) is 3.92. The molecule has 2 aromatic heterocycles. The summed E-state index contributed by atoms with van der Waals surface area (Å²) < 4.78 is 14.1. The number of hydrogen-bond donors (Lipinski definition) is 0. The van der Waals surface area contributed by atoms with Gasteiger partial charge in [0.1, 0.15) is 18.1 Å². The second-order valence-corrected chi connectivity index (χ2v) is 7.62. The van der Waals surface area contributed by atoms with Crippen molar-refractivity contribution in [2.75, 3.05) is 13.1 Å². The van der Waals surface area contributed by atoms with Crippen LogP contribution in [0.3, 0.4) is 0 Å². The van der Waals surface area contributed by atoms with Crippen LogP contribution in [0.15, 0.2) is 47.3 Å². The van der Waals surface area contributed by atoms with Crippen molar-refractivity contribution in [3.05, 3.63) is 48.8 Å². The summed E-state index contributed by atoms with van der Waals surface area (Å²) in [5.74, 6) is 2.71. The van der Waals surface area contributed by atoms with E-state index in [1.165, 1.54) is 23.7 Å². The van der Waals surface area contributed by atoms with Crippen LogP contribution in [-0.2, 0) is 13.1 Å². The Labute approximate surface area is 153 Å². The number of piperidine rings is 1. The molecule has 5 rings (SSSR count). The van der Waals surface area contributed by atoms with Crippen LogP contribution in [0, 0.1) is 5.92 Å². The minimum Gasteiger partial charge on any atom is -0.490 e. The van der Waals surface area contributed by atoms with Gasteiger partial charge >= 0.3 is 0 Å². The molecular formula is C21H25N3O2. The highest BCUT2D eigenvalue weighted by atomic mass is 16.5. The van der Waals surface area contributed by atoms with Crippen molar-refractivity contribution in [3.8, 4) is 5.75 Å². The van der Waals surface area contributed by atoms with E-state index in [4.69, 9.17) is 9.15 Å². The van der Waals surface area contributed by atoms with Gasteiger partial charge in [-0.1, -0.05) is 6.07 Å². The lowest BCUT2D eigenvalue weighted by Crippen LogP contribution is -2.37. The predicted octanol–water partition coefficient (Wildman–Crippen LogP) is 4.08. The number of ether oxygens (including phenoxy) is 1. The van der Waals surface area contributed by atoms with Crippen LogP contribution in [-0.4, -0.2) is 33.6 Å². The fourth-order valence-electron chi connectivity index (χ4n) is 3.92. The monoisotopic (exact) mass is 351 g/mol. The molecule has 0 atom stereocenters. The van der Waals surface area contributed by atoms with Gasteiger partial charge in [-0.15, -0.1) is 0 Å². The molecule has 0 amide bonds. The van der Waals surface area contributed by atoms with Gasteiger partial charge in [0.05, 0.1) is 18.3 Å². The topological polar surface area (TPSA) is 43.4 Å². The quantitative estimate of drug-likeness (QED) is 0.671. The molecule has 5 heteroatoms. The number of likely N-dealkylation sites (tertiary alicyclic amines) is 1. The number of rotatable bonds is 6. The summed E-state index contributed by atoms with van der Waals surface area (Å²) in [6.07, 6.45) is 10.7. The summed E-state index contributed by atoms with van der Waals surface area (Å²) in [6, 6.07) is 8.66. The summed E-state index contributed by atoms with van der Waals surface area (Å²) in [4.78, 5) is 6.60. The lowest BCUT2D eigenvalue weighted by Gasteiger charge is -2.31. The van der Waals surface area contributed by atoms with E-state index in [0.717, 1.165) is 56.6 Å². The Kier molecular flexibility index (Phi) is 4.17. The molecule has 0 bridgehead atoms. The van der Waals surface area contributed by atoms with E-state index >= 15 is 0 Å². The smallest absolute Gasteiger partial charge is 0.208 e. The number of aromatic nitrogens is 2.